The van der Waals surface area contributed by atoms with Crippen LogP contribution >= 0.6 is 34.8 Å². The second-order valence-electron chi connectivity index (χ2n) is 6.77. The molecule has 3 aromatic carbocycles. The third-order valence-electron chi connectivity index (χ3n) is 4.36. The van der Waals surface area contributed by atoms with Crippen molar-refractivity contribution < 1.29 is 13.2 Å². The number of anilines is 1. The van der Waals surface area contributed by atoms with Gasteiger partial charge in [-0.05, 0) is 61.0 Å². The van der Waals surface area contributed by atoms with E-state index in [9.17, 15) is 13.2 Å². The summed E-state index contributed by atoms with van der Waals surface area (Å²) < 4.78 is 27.6. The van der Waals surface area contributed by atoms with Gasteiger partial charge in [0, 0.05) is 5.02 Å². The molecule has 0 radical (unpaired) electrons. The lowest BCUT2D eigenvalue weighted by molar-refractivity contribution is -0.119. The number of hydrogen-bond acceptors (Lipinski definition) is 4. The zero-order valence-electron chi connectivity index (χ0n) is 16.8. The Morgan fingerprint density at radius 2 is 1.62 bits per heavy atom. The van der Waals surface area contributed by atoms with Crippen molar-refractivity contribution in [3.05, 3.63) is 92.9 Å². The molecule has 166 valence electrons. The van der Waals surface area contributed by atoms with Crippen LogP contribution in [0.15, 0.2) is 76.7 Å². The molecular weight excluding hydrogens is 493 g/mol. The van der Waals surface area contributed by atoms with Crippen LogP contribution in [-0.2, 0) is 14.8 Å². The van der Waals surface area contributed by atoms with E-state index in [-0.39, 0.29) is 4.90 Å². The first-order valence-corrected chi connectivity index (χ1v) is 11.9. The Morgan fingerprint density at radius 3 is 2.25 bits per heavy atom. The Hall–Kier alpha value is -2.58. The van der Waals surface area contributed by atoms with Crippen LogP contribution in [0.2, 0.25) is 15.1 Å². The van der Waals surface area contributed by atoms with Gasteiger partial charge >= 0.3 is 0 Å². The molecule has 6 nitrogen and oxygen atoms in total. The minimum absolute atomic E-state index is 0.0603. The number of nitrogens with one attached hydrogen (secondary N) is 1. The zero-order chi connectivity index (χ0) is 23.3. The Balaban J connectivity index is 1.82. The molecule has 3 aromatic rings. The van der Waals surface area contributed by atoms with Crippen molar-refractivity contribution in [1.82, 2.24) is 5.43 Å². The maximum atomic E-state index is 13.3. The third-order valence-corrected chi connectivity index (χ3v) is 7.14. The van der Waals surface area contributed by atoms with Gasteiger partial charge in [0.2, 0.25) is 0 Å². The minimum atomic E-state index is -4.02. The SMILES string of the molecule is Cc1ccc(S(=O)(=O)N(CC(=O)N/N=C\c2ccc(Cl)c(Cl)c2)c2ccc(Cl)cc2)cc1. The molecule has 0 unspecified atom stereocenters. The minimum Gasteiger partial charge on any atom is -0.271 e. The van der Waals surface area contributed by atoms with E-state index in [0.717, 1.165) is 9.87 Å². The van der Waals surface area contributed by atoms with Crippen molar-refractivity contribution in [1.29, 1.82) is 0 Å². The molecule has 0 aromatic heterocycles. The quantitative estimate of drug-likeness (QED) is 0.346. The van der Waals surface area contributed by atoms with Gasteiger partial charge in [-0.3, -0.25) is 9.10 Å². The average Bonchev–Trinajstić information content (AvgIpc) is 2.75. The van der Waals surface area contributed by atoms with Gasteiger partial charge in [0.25, 0.3) is 15.9 Å². The molecule has 1 amide bonds. The normalized spacial score (nSPS) is 11.5. The highest BCUT2D eigenvalue weighted by atomic mass is 35.5. The highest BCUT2D eigenvalue weighted by molar-refractivity contribution is 7.92. The summed E-state index contributed by atoms with van der Waals surface area (Å²) in [4.78, 5) is 12.6. The Kier molecular flexibility index (Phi) is 7.79. The van der Waals surface area contributed by atoms with Gasteiger partial charge in [-0.1, -0.05) is 58.6 Å². The fourth-order valence-corrected chi connectivity index (χ4v) is 4.55. The van der Waals surface area contributed by atoms with E-state index in [1.807, 2.05) is 6.92 Å². The molecule has 32 heavy (non-hydrogen) atoms. The molecule has 0 bridgehead atoms. The van der Waals surface area contributed by atoms with Gasteiger partial charge in [-0.2, -0.15) is 5.10 Å². The molecular formula is C22H18Cl3N3O3S. The van der Waals surface area contributed by atoms with Crippen LogP contribution < -0.4 is 9.73 Å². The molecule has 0 aliphatic rings. The summed E-state index contributed by atoms with van der Waals surface area (Å²) in [6.07, 6.45) is 1.38. The van der Waals surface area contributed by atoms with E-state index in [4.69, 9.17) is 34.8 Å². The highest BCUT2D eigenvalue weighted by Crippen LogP contribution is 2.25. The molecule has 1 N–H and O–H groups in total. The van der Waals surface area contributed by atoms with Crippen molar-refractivity contribution in [2.24, 2.45) is 5.10 Å². The summed E-state index contributed by atoms with van der Waals surface area (Å²) in [5, 5.41) is 5.06. The fourth-order valence-electron chi connectivity index (χ4n) is 2.70. The summed E-state index contributed by atoms with van der Waals surface area (Å²) in [5.41, 5.74) is 4.15. The topological polar surface area (TPSA) is 78.8 Å². The molecule has 0 aliphatic carbocycles. The number of halogens is 3. The first-order chi connectivity index (χ1) is 15.2. The molecule has 0 saturated carbocycles. The van der Waals surface area contributed by atoms with Crippen LogP contribution in [0.3, 0.4) is 0 Å². The van der Waals surface area contributed by atoms with Gasteiger partial charge in [0.1, 0.15) is 6.54 Å². The van der Waals surface area contributed by atoms with Gasteiger partial charge in [-0.25, -0.2) is 13.8 Å². The van der Waals surface area contributed by atoms with Gasteiger partial charge in [0.15, 0.2) is 0 Å². The number of sulfonamides is 1. The Labute approximate surface area is 201 Å². The number of hydrazone groups is 1. The number of rotatable bonds is 7. The second kappa shape index (κ2) is 10.4. The van der Waals surface area contributed by atoms with Crippen molar-refractivity contribution in [3.63, 3.8) is 0 Å². The van der Waals surface area contributed by atoms with Crippen LogP contribution in [0.1, 0.15) is 11.1 Å². The number of nitrogens with zero attached hydrogens (tertiary/aromatic N) is 2. The van der Waals surface area contributed by atoms with Crippen molar-refractivity contribution in [3.8, 4) is 0 Å². The second-order valence-corrected chi connectivity index (χ2v) is 9.88. The summed E-state index contributed by atoms with van der Waals surface area (Å²) >= 11 is 17.8. The smallest absolute Gasteiger partial charge is 0.264 e. The van der Waals surface area contributed by atoms with E-state index in [0.29, 0.717) is 26.3 Å². The molecule has 0 fully saturated rings. The number of carbonyl (C=O) groups is 1. The third kappa shape index (κ3) is 6.01. The van der Waals surface area contributed by atoms with Gasteiger partial charge in [-0.15, -0.1) is 0 Å². The largest absolute Gasteiger partial charge is 0.271 e. The van der Waals surface area contributed by atoms with Crippen LogP contribution in [0, 0.1) is 6.92 Å². The maximum absolute atomic E-state index is 13.3. The highest BCUT2D eigenvalue weighted by Gasteiger charge is 2.27. The number of hydrogen-bond donors (Lipinski definition) is 1. The Bertz CT molecular complexity index is 1250. The first kappa shape index (κ1) is 24.1. The molecule has 0 atom stereocenters. The lowest BCUT2D eigenvalue weighted by atomic mass is 10.2. The number of aryl methyl sites for hydroxylation is 1. The lowest BCUT2D eigenvalue weighted by Crippen LogP contribution is -2.39. The summed E-state index contributed by atoms with van der Waals surface area (Å²) in [7, 11) is -4.02. The standard InChI is InChI=1S/C22H18Cl3N3O3S/c1-15-2-9-19(10-3-15)32(30,31)28(18-7-5-17(23)6-8-18)14-22(29)27-26-13-16-4-11-20(24)21(25)12-16/h2-13H,14H2,1H3,(H,27,29)/b26-13-. The van der Waals surface area contributed by atoms with E-state index < -0.39 is 22.5 Å². The molecule has 0 saturated heterocycles. The molecule has 0 aliphatic heterocycles. The summed E-state index contributed by atoms with van der Waals surface area (Å²) in [6, 6.07) is 17.4. The fraction of sp³-hybridized carbons (Fsp3) is 0.0909. The van der Waals surface area contributed by atoms with Crippen LogP contribution in [0.5, 0.6) is 0 Å². The van der Waals surface area contributed by atoms with E-state index in [1.165, 1.54) is 30.5 Å². The molecule has 0 spiro atoms. The van der Waals surface area contributed by atoms with E-state index >= 15 is 0 Å². The van der Waals surface area contributed by atoms with E-state index in [2.05, 4.69) is 10.5 Å². The van der Waals surface area contributed by atoms with Crippen molar-refractivity contribution in [2.45, 2.75) is 11.8 Å². The van der Waals surface area contributed by atoms with Gasteiger partial charge in [0.05, 0.1) is 26.8 Å². The van der Waals surface area contributed by atoms with Crippen LogP contribution in [0.4, 0.5) is 5.69 Å². The number of benzene rings is 3. The molecule has 10 heteroatoms. The molecule has 3 rings (SSSR count). The van der Waals surface area contributed by atoms with Crippen molar-refractivity contribution in [2.75, 3.05) is 10.8 Å². The number of amides is 1. The summed E-state index contributed by atoms with van der Waals surface area (Å²) in [5.74, 6) is -0.632. The Morgan fingerprint density at radius 1 is 0.969 bits per heavy atom. The van der Waals surface area contributed by atoms with Crippen molar-refractivity contribution >= 4 is 62.6 Å². The first-order valence-electron chi connectivity index (χ1n) is 9.29. The van der Waals surface area contributed by atoms with E-state index in [1.54, 1.807) is 42.5 Å². The zero-order valence-corrected chi connectivity index (χ0v) is 19.9. The van der Waals surface area contributed by atoms with Crippen LogP contribution in [-0.4, -0.2) is 27.1 Å². The molecule has 0 heterocycles. The lowest BCUT2D eigenvalue weighted by Gasteiger charge is -2.23. The monoisotopic (exact) mass is 509 g/mol. The predicted molar refractivity (Wildman–Crippen MR) is 129 cm³/mol. The number of carbonyl (C=O) groups excluding carboxylic acids is 1. The summed E-state index contributed by atoms with van der Waals surface area (Å²) in [6.45, 7) is 1.36. The maximum Gasteiger partial charge on any atom is 0.264 e. The average molecular weight is 511 g/mol. The van der Waals surface area contributed by atoms with Crippen LogP contribution in [0.25, 0.3) is 0 Å². The predicted octanol–water partition coefficient (Wildman–Crippen LogP) is 5.30. The van der Waals surface area contributed by atoms with Gasteiger partial charge < -0.3 is 0 Å².